The van der Waals surface area contributed by atoms with Crippen LogP contribution in [0.25, 0.3) is 5.57 Å². The van der Waals surface area contributed by atoms with E-state index in [1.54, 1.807) is 0 Å². The van der Waals surface area contributed by atoms with Gasteiger partial charge in [0.2, 0.25) is 0 Å². The minimum atomic E-state index is -0.945. The van der Waals surface area contributed by atoms with Crippen LogP contribution in [0.5, 0.6) is 0 Å². The Kier molecular flexibility index (Phi) is 4.10. The standard InChI is InChI=1S/C13H16O2/c1-3-4-7-11-8-5-6-9-12(11)10(2)13(14)15/h5-6,8-9H,2-4,7H2,1H3,(H,14,15). The Morgan fingerprint density at radius 2 is 2.07 bits per heavy atom. The SMILES string of the molecule is C=C(C(=O)O)c1ccccc1CCCC. The van der Waals surface area contributed by atoms with Crippen molar-refractivity contribution in [1.82, 2.24) is 0 Å². The van der Waals surface area contributed by atoms with E-state index in [1.165, 1.54) is 0 Å². The molecule has 0 bridgehead atoms. The van der Waals surface area contributed by atoms with Gasteiger partial charge in [-0.15, -0.1) is 0 Å². The van der Waals surface area contributed by atoms with E-state index in [0.717, 1.165) is 30.4 Å². The highest BCUT2D eigenvalue weighted by atomic mass is 16.4. The molecule has 0 aromatic heterocycles. The first kappa shape index (κ1) is 11.5. The lowest BCUT2D eigenvalue weighted by atomic mass is 9.97. The Morgan fingerprint density at radius 3 is 2.67 bits per heavy atom. The van der Waals surface area contributed by atoms with Gasteiger partial charge in [-0.2, -0.15) is 0 Å². The lowest BCUT2D eigenvalue weighted by Gasteiger charge is -2.08. The summed E-state index contributed by atoms with van der Waals surface area (Å²) in [6.45, 7) is 5.71. The Balaban J connectivity index is 2.95. The van der Waals surface area contributed by atoms with E-state index in [2.05, 4.69) is 13.5 Å². The number of hydrogen-bond donors (Lipinski definition) is 1. The fourth-order valence-corrected chi connectivity index (χ4v) is 1.52. The van der Waals surface area contributed by atoms with Crippen LogP contribution in [-0.2, 0) is 11.2 Å². The zero-order chi connectivity index (χ0) is 11.3. The van der Waals surface area contributed by atoms with Gasteiger partial charge in [-0.25, -0.2) is 4.79 Å². The molecule has 1 rings (SSSR count). The molecule has 0 aliphatic carbocycles. The van der Waals surface area contributed by atoms with Crippen LogP contribution in [0, 0.1) is 0 Å². The molecule has 0 saturated carbocycles. The molecule has 15 heavy (non-hydrogen) atoms. The van der Waals surface area contributed by atoms with Crippen LogP contribution < -0.4 is 0 Å². The average Bonchev–Trinajstić information content (AvgIpc) is 2.25. The third-order valence-corrected chi connectivity index (χ3v) is 2.40. The molecule has 0 atom stereocenters. The lowest BCUT2D eigenvalue weighted by Crippen LogP contribution is -2.01. The summed E-state index contributed by atoms with van der Waals surface area (Å²) in [4.78, 5) is 10.8. The number of carboxylic acid groups (broad SMARTS) is 1. The molecule has 0 aliphatic heterocycles. The highest BCUT2D eigenvalue weighted by Crippen LogP contribution is 2.19. The molecule has 2 nitrogen and oxygen atoms in total. The second kappa shape index (κ2) is 5.35. The number of carboxylic acids is 1. The molecule has 0 spiro atoms. The van der Waals surface area contributed by atoms with Gasteiger partial charge in [0, 0.05) is 0 Å². The summed E-state index contributed by atoms with van der Waals surface area (Å²) in [6.07, 6.45) is 3.09. The number of rotatable bonds is 5. The van der Waals surface area contributed by atoms with Crippen molar-refractivity contribution < 1.29 is 9.90 Å². The van der Waals surface area contributed by atoms with E-state index in [4.69, 9.17) is 5.11 Å². The van der Waals surface area contributed by atoms with Crippen LogP contribution >= 0.6 is 0 Å². The number of unbranched alkanes of at least 4 members (excludes halogenated alkanes) is 1. The van der Waals surface area contributed by atoms with Crippen molar-refractivity contribution >= 4 is 11.5 Å². The van der Waals surface area contributed by atoms with Crippen molar-refractivity contribution in [2.75, 3.05) is 0 Å². The summed E-state index contributed by atoms with van der Waals surface area (Å²) in [5.74, 6) is -0.945. The molecule has 0 saturated heterocycles. The maximum Gasteiger partial charge on any atom is 0.335 e. The quantitative estimate of drug-likeness (QED) is 0.748. The molecule has 1 aromatic rings. The Bertz CT molecular complexity index is 367. The summed E-state index contributed by atoms with van der Waals surface area (Å²) in [5, 5.41) is 8.89. The van der Waals surface area contributed by atoms with Crippen LogP contribution in [0.15, 0.2) is 30.8 Å². The second-order valence-electron chi connectivity index (χ2n) is 3.54. The molecular weight excluding hydrogens is 188 g/mol. The summed E-state index contributed by atoms with van der Waals surface area (Å²) in [6, 6.07) is 7.57. The van der Waals surface area contributed by atoms with Gasteiger partial charge < -0.3 is 5.11 Å². The number of aliphatic carboxylic acids is 1. The first-order valence-corrected chi connectivity index (χ1v) is 5.17. The average molecular weight is 204 g/mol. The maximum absolute atomic E-state index is 10.8. The fraction of sp³-hybridized carbons (Fsp3) is 0.308. The molecule has 0 aliphatic rings. The van der Waals surface area contributed by atoms with E-state index in [-0.39, 0.29) is 5.57 Å². The van der Waals surface area contributed by atoms with Gasteiger partial charge in [-0.3, -0.25) is 0 Å². The van der Waals surface area contributed by atoms with E-state index in [0.29, 0.717) is 0 Å². The predicted octanol–water partition coefficient (Wildman–Crippen LogP) is 3.13. The molecule has 0 amide bonds. The normalized spacial score (nSPS) is 9.93. The lowest BCUT2D eigenvalue weighted by molar-refractivity contribution is -0.130. The maximum atomic E-state index is 10.8. The molecule has 1 N–H and O–H groups in total. The molecule has 0 heterocycles. The van der Waals surface area contributed by atoms with Crippen molar-refractivity contribution in [3.63, 3.8) is 0 Å². The molecule has 1 aromatic carbocycles. The van der Waals surface area contributed by atoms with Crippen LogP contribution in [0.4, 0.5) is 0 Å². The Morgan fingerprint density at radius 1 is 1.40 bits per heavy atom. The van der Waals surface area contributed by atoms with Crippen molar-refractivity contribution in [3.05, 3.63) is 42.0 Å². The summed E-state index contributed by atoms with van der Waals surface area (Å²) < 4.78 is 0. The molecule has 0 unspecified atom stereocenters. The minimum absolute atomic E-state index is 0.182. The van der Waals surface area contributed by atoms with E-state index >= 15 is 0 Å². The van der Waals surface area contributed by atoms with E-state index < -0.39 is 5.97 Å². The number of aryl methyl sites for hydroxylation is 1. The second-order valence-corrected chi connectivity index (χ2v) is 3.54. The van der Waals surface area contributed by atoms with Crippen LogP contribution in [-0.4, -0.2) is 11.1 Å². The Hall–Kier alpha value is -1.57. The topological polar surface area (TPSA) is 37.3 Å². The number of benzene rings is 1. The Labute approximate surface area is 90.3 Å². The van der Waals surface area contributed by atoms with Gasteiger partial charge in [0.25, 0.3) is 0 Å². The van der Waals surface area contributed by atoms with Gasteiger partial charge in [-0.1, -0.05) is 44.2 Å². The molecule has 0 radical (unpaired) electrons. The van der Waals surface area contributed by atoms with Gasteiger partial charge in [0.15, 0.2) is 0 Å². The summed E-state index contributed by atoms with van der Waals surface area (Å²) >= 11 is 0. The van der Waals surface area contributed by atoms with Crippen LogP contribution in [0.3, 0.4) is 0 Å². The molecule has 2 heteroatoms. The van der Waals surface area contributed by atoms with Gasteiger partial charge >= 0.3 is 5.97 Å². The molecule has 80 valence electrons. The molecular formula is C13H16O2. The monoisotopic (exact) mass is 204 g/mol. The molecule has 0 fully saturated rings. The van der Waals surface area contributed by atoms with Crippen molar-refractivity contribution in [2.45, 2.75) is 26.2 Å². The van der Waals surface area contributed by atoms with E-state index in [9.17, 15) is 4.79 Å². The summed E-state index contributed by atoms with van der Waals surface area (Å²) in [5.41, 5.74) is 2.02. The third-order valence-electron chi connectivity index (χ3n) is 2.40. The highest BCUT2D eigenvalue weighted by Gasteiger charge is 2.10. The largest absolute Gasteiger partial charge is 0.478 e. The number of carbonyl (C=O) groups is 1. The third kappa shape index (κ3) is 2.94. The van der Waals surface area contributed by atoms with Gasteiger partial charge in [-0.05, 0) is 24.0 Å². The highest BCUT2D eigenvalue weighted by molar-refractivity contribution is 6.14. The van der Waals surface area contributed by atoms with Crippen molar-refractivity contribution in [2.24, 2.45) is 0 Å². The summed E-state index contributed by atoms with van der Waals surface area (Å²) in [7, 11) is 0. The first-order valence-electron chi connectivity index (χ1n) is 5.17. The minimum Gasteiger partial charge on any atom is -0.478 e. The van der Waals surface area contributed by atoms with Gasteiger partial charge in [0.05, 0.1) is 5.57 Å². The van der Waals surface area contributed by atoms with Gasteiger partial charge in [0.1, 0.15) is 0 Å². The first-order chi connectivity index (χ1) is 7.16. The van der Waals surface area contributed by atoms with E-state index in [1.807, 2.05) is 24.3 Å². The van der Waals surface area contributed by atoms with Crippen molar-refractivity contribution in [1.29, 1.82) is 0 Å². The zero-order valence-electron chi connectivity index (χ0n) is 8.99. The van der Waals surface area contributed by atoms with Crippen LogP contribution in [0.1, 0.15) is 30.9 Å². The zero-order valence-corrected chi connectivity index (χ0v) is 8.99. The fourth-order valence-electron chi connectivity index (χ4n) is 1.52. The van der Waals surface area contributed by atoms with Crippen molar-refractivity contribution in [3.8, 4) is 0 Å². The van der Waals surface area contributed by atoms with Crippen LogP contribution in [0.2, 0.25) is 0 Å². The number of hydrogen-bond acceptors (Lipinski definition) is 1. The smallest absolute Gasteiger partial charge is 0.335 e. The predicted molar refractivity (Wildman–Crippen MR) is 61.7 cm³/mol.